The minimum atomic E-state index is -0.168. The Bertz CT molecular complexity index is 959. The fourth-order valence-corrected chi connectivity index (χ4v) is 3.01. The number of benzene rings is 1. The highest BCUT2D eigenvalue weighted by Crippen LogP contribution is 2.19. The van der Waals surface area contributed by atoms with Crippen molar-refractivity contribution in [3.05, 3.63) is 64.7 Å². The number of carbonyl (C=O) groups excluding carboxylic acids is 1. The summed E-state index contributed by atoms with van der Waals surface area (Å²) in [5.74, 6) is 0.0423. The zero-order chi connectivity index (χ0) is 17.8. The molecule has 0 aliphatic rings. The third kappa shape index (κ3) is 3.86. The van der Waals surface area contributed by atoms with Crippen LogP contribution < -0.4 is 10.1 Å². The van der Waals surface area contributed by atoms with Gasteiger partial charge in [-0.1, -0.05) is 35.6 Å². The van der Waals surface area contributed by atoms with Crippen molar-refractivity contribution >= 4 is 23.1 Å². The van der Waals surface area contributed by atoms with E-state index in [0.717, 1.165) is 11.1 Å². The van der Waals surface area contributed by atoms with E-state index in [9.17, 15) is 4.79 Å². The van der Waals surface area contributed by atoms with Crippen LogP contribution in [0.1, 0.15) is 22.8 Å². The largest absolute Gasteiger partial charge is 0.348 e. The molecule has 0 aliphatic heterocycles. The molecule has 126 valence electrons. The van der Waals surface area contributed by atoms with Gasteiger partial charge in [0.1, 0.15) is 10.8 Å². The first-order valence-corrected chi connectivity index (χ1v) is 8.34. The average Bonchev–Trinajstić information content (AvgIpc) is 3.03. The minimum absolute atomic E-state index is 0.168. The van der Waals surface area contributed by atoms with Crippen LogP contribution in [0, 0.1) is 10.8 Å². The van der Waals surface area contributed by atoms with Gasteiger partial charge in [-0.3, -0.25) is 20.6 Å². The Morgan fingerprint density at radius 1 is 1.28 bits per heavy atom. The number of hydrogen-bond donors (Lipinski definition) is 3. The topological polar surface area (TPSA) is 108 Å². The van der Waals surface area contributed by atoms with Crippen LogP contribution in [0.2, 0.25) is 0 Å². The van der Waals surface area contributed by atoms with Crippen LogP contribution in [-0.2, 0) is 6.54 Å². The van der Waals surface area contributed by atoms with Crippen LogP contribution >= 0.6 is 11.3 Å². The number of nitrogens with one attached hydrogen (secondary N) is 3. The van der Waals surface area contributed by atoms with Gasteiger partial charge in [-0.15, -0.1) is 0 Å². The van der Waals surface area contributed by atoms with E-state index < -0.39 is 0 Å². The van der Waals surface area contributed by atoms with Crippen molar-refractivity contribution in [1.29, 1.82) is 10.8 Å². The quantitative estimate of drug-likeness (QED) is 0.495. The van der Waals surface area contributed by atoms with E-state index in [1.54, 1.807) is 25.3 Å². The number of hydrogen-bond acceptors (Lipinski definition) is 6. The molecule has 3 N–H and O–H groups in total. The SMILES string of the molecule is CC(=N)n1nc(-c2ccc(CNC(=O)c3cccnc3)cc2)sc1=N. The first-order chi connectivity index (χ1) is 12.0. The van der Waals surface area contributed by atoms with Gasteiger partial charge in [0.25, 0.3) is 5.91 Å². The summed E-state index contributed by atoms with van der Waals surface area (Å²) in [7, 11) is 0. The van der Waals surface area contributed by atoms with Crippen LogP contribution in [0.15, 0.2) is 48.8 Å². The summed E-state index contributed by atoms with van der Waals surface area (Å²) in [6.07, 6.45) is 3.15. The average molecular weight is 352 g/mol. The number of pyridine rings is 1. The van der Waals surface area contributed by atoms with Crippen molar-refractivity contribution in [3.8, 4) is 10.6 Å². The van der Waals surface area contributed by atoms with Gasteiger partial charge < -0.3 is 5.32 Å². The van der Waals surface area contributed by atoms with Gasteiger partial charge in [-0.2, -0.15) is 9.78 Å². The highest BCUT2D eigenvalue weighted by molar-refractivity contribution is 7.12. The Kier molecular flexibility index (Phi) is 4.80. The van der Waals surface area contributed by atoms with Gasteiger partial charge in [-0.05, 0) is 24.6 Å². The van der Waals surface area contributed by atoms with Crippen molar-refractivity contribution in [3.63, 3.8) is 0 Å². The van der Waals surface area contributed by atoms with Crippen LogP contribution in [0.5, 0.6) is 0 Å². The number of carbonyl (C=O) groups is 1. The molecule has 0 atom stereocenters. The number of aromatic nitrogens is 3. The van der Waals surface area contributed by atoms with E-state index >= 15 is 0 Å². The second-order valence-corrected chi connectivity index (χ2v) is 6.31. The van der Waals surface area contributed by atoms with E-state index in [2.05, 4.69) is 15.4 Å². The number of rotatable bonds is 4. The molecule has 0 saturated heterocycles. The normalized spacial score (nSPS) is 10.4. The summed E-state index contributed by atoms with van der Waals surface area (Å²) < 4.78 is 1.29. The molecule has 8 heteroatoms. The Hall–Kier alpha value is -3.13. The molecule has 3 rings (SSSR count). The van der Waals surface area contributed by atoms with Gasteiger partial charge in [0.15, 0.2) is 0 Å². The molecule has 2 heterocycles. The molecular weight excluding hydrogens is 336 g/mol. The maximum absolute atomic E-state index is 12.0. The molecule has 7 nitrogen and oxygen atoms in total. The highest BCUT2D eigenvalue weighted by atomic mass is 32.1. The third-order valence-corrected chi connectivity index (χ3v) is 4.35. The molecule has 3 aromatic rings. The van der Waals surface area contributed by atoms with Crippen LogP contribution in [0.3, 0.4) is 0 Å². The van der Waals surface area contributed by atoms with Crippen molar-refractivity contribution < 1.29 is 4.79 Å². The van der Waals surface area contributed by atoms with Gasteiger partial charge >= 0.3 is 0 Å². The lowest BCUT2D eigenvalue weighted by molar-refractivity contribution is 0.0950. The Morgan fingerprint density at radius 2 is 2.04 bits per heavy atom. The number of amides is 1. The molecule has 0 spiro atoms. The first-order valence-electron chi connectivity index (χ1n) is 7.52. The Labute approximate surface area is 148 Å². The first kappa shape index (κ1) is 16.7. The summed E-state index contributed by atoms with van der Waals surface area (Å²) in [6.45, 7) is 2.00. The molecule has 2 aromatic heterocycles. The smallest absolute Gasteiger partial charge is 0.253 e. The third-order valence-electron chi connectivity index (χ3n) is 3.47. The number of nitrogens with zero attached hydrogens (tertiary/aromatic N) is 3. The zero-order valence-electron chi connectivity index (χ0n) is 13.5. The molecule has 0 aliphatic carbocycles. The molecule has 0 unspecified atom stereocenters. The molecule has 1 aromatic carbocycles. The van der Waals surface area contributed by atoms with Crippen LogP contribution in [-0.4, -0.2) is 26.5 Å². The van der Waals surface area contributed by atoms with E-state index in [4.69, 9.17) is 10.8 Å². The molecule has 0 bridgehead atoms. The van der Waals surface area contributed by atoms with Crippen molar-refractivity contribution in [2.45, 2.75) is 13.5 Å². The minimum Gasteiger partial charge on any atom is -0.348 e. The predicted molar refractivity (Wildman–Crippen MR) is 95.6 cm³/mol. The monoisotopic (exact) mass is 352 g/mol. The summed E-state index contributed by atoms with van der Waals surface area (Å²) in [5, 5.41) is 23.2. The molecule has 0 fully saturated rings. The van der Waals surface area contributed by atoms with Gasteiger partial charge in [0.2, 0.25) is 4.80 Å². The lowest BCUT2D eigenvalue weighted by Crippen LogP contribution is -2.22. The maximum atomic E-state index is 12.0. The zero-order valence-corrected chi connectivity index (χ0v) is 14.3. The van der Waals surface area contributed by atoms with Crippen LogP contribution in [0.4, 0.5) is 0 Å². The fraction of sp³-hybridized carbons (Fsp3) is 0.118. The Balaban J connectivity index is 1.68. The lowest BCUT2D eigenvalue weighted by Gasteiger charge is -2.05. The van der Waals surface area contributed by atoms with Gasteiger partial charge in [0.05, 0.1) is 5.56 Å². The van der Waals surface area contributed by atoms with Crippen molar-refractivity contribution in [2.24, 2.45) is 0 Å². The second-order valence-electron chi connectivity index (χ2n) is 5.33. The second kappa shape index (κ2) is 7.18. The van der Waals surface area contributed by atoms with Crippen LogP contribution in [0.25, 0.3) is 10.6 Å². The van der Waals surface area contributed by atoms with Crippen molar-refractivity contribution in [2.75, 3.05) is 0 Å². The predicted octanol–water partition coefficient (Wildman–Crippen LogP) is 2.26. The summed E-state index contributed by atoms with van der Waals surface area (Å²) in [4.78, 5) is 16.2. The summed E-state index contributed by atoms with van der Waals surface area (Å²) >= 11 is 1.22. The highest BCUT2D eigenvalue weighted by Gasteiger charge is 2.08. The van der Waals surface area contributed by atoms with Gasteiger partial charge in [-0.25, -0.2) is 0 Å². The van der Waals surface area contributed by atoms with E-state index in [1.807, 2.05) is 24.3 Å². The van der Waals surface area contributed by atoms with Crippen molar-refractivity contribution in [1.82, 2.24) is 20.1 Å². The van der Waals surface area contributed by atoms with E-state index in [1.165, 1.54) is 22.2 Å². The molecule has 1 amide bonds. The molecule has 25 heavy (non-hydrogen) atoms. The molecule has 0 saturated carbocycles. The standard InChI is InChI=1S/C17H16N6OS/c1-11(18)23-17(19)25-16(22-23)13-6-4-12(5-7-13)9-21-15(24)14-3-2-8-20-10-14/h2-8,10,18-19H,9H2,1H3,(H,21,24). The molecular formula is C17H16N6OS. The fourth-order valence-electron chi connectivity index (χ4n) is 2.18. The molecule has 0 radical (unpaired) electrons. The maximum Gasteiger partial charge on any atom is 0.253 e. The van der Waals surface area contributed by atoms with Gasteiger partial charge in [0, 0.05) is 24.5 Å². The van der Waals surface area contributed by atoms with E-state index in [0.29, 0.717) is 17.1 Å². The Morgan fingerprint density at radius 3 is 2.64 bits per heavy atom. The lowest BCUT2D eigenvalue weighted by atomic mass is 10.1. The summed E-state index contributed by atoms with van der Waals surface area (Å²) in [6, 6.07) is 11.0. The van der Waals surface area contributed by atoms with E-state index in [-0.39, 0.29) is 16.5 Å². The summed E-state index contributed by atoms with van der Waals surface area (Å²) in [5.41, 5.74) is 2.36.